The molecule has 1 aromatic rings. The summed E-state index contributed by atoms with van der Waals surface area (Å²) in [7, 11) is 0. The van der Waals surface area contributed by atoms with E-state index in [1.54, 1.807) is 6.07 Å². The van der Waals surface area contributed by atoms with Gasteiger partial charge in [0.15, 0.2) is 11.5 Å². The number of hydrogen-bond acceptors (Lipinski definition) is 3. The Balaban J connectivity index is 2.48. The minimum absolute atomic E-state index is 0.0799. The Morgan fingerprint density at radius 1 is 1.40 bits per heavy atom. The zero-order chi connectivity index (χ0) is 7.14. The molecule has 1 aromatic carbocycles. The smallest absolute Gasteiger partial charge is 0.273 e. The van der Waals surface area contributed by atoms with Crippen LogP contribution in [-0.2, 0) is 0 Å². The van der Waals surface area contributed by atoms with Crippen LogP contribution in [-0.4, -0.2) is 4.92 Å². The largest absolute Gasteiger partial charge is 0.449 e. The molecule has 1 heterocycles. The van der Waals surface area contributed by atoms with Crippen molar-refractivity contribution in [2.24, 2.45) is 0 Å². The van der Waals surface area contributed by atoms with Crippen molar-refractivity contribution >= 4 is 5.69 Å². The highest BCUT2D eigenvalue weighted by Gasteiger charge is 2.22. The van der Waals surface area contributed by atoms with Crippen molar-refractivity contribution in [2.45, 2.75) is 0 Å². The molecule has 0 aliphatic carbocycles. The van der Waals surface area contributed by atoms with Crippen LogP contribution in [0.3, 0.4) is 0 Å². The van der Waals surface area contributed by atoms with Crippen LogP contribution in [0.15, 0.2) is 18.2 Å². The number of benzene rings is 1. The van der Waals surface area contributed by atoms with Gasteiger partial charge < -0.3 is 4.74 Å². The van der Waals surface area contributed by atoms with E-state index in [0.29, 0.717) is 5.75 Å². The Labute approximate surface area is 56.2 Å². The molecule has 10 heavy (non-hydrogen) atoms. The number of non-ortho nitro benzene ring substituents is 1. The van der Waals surface area contributed by atoms with Gasteiger partial charge in [0.1, 0.15) is 0 Å². The van der Waals surface area contributed by atoms with E-state index in [1.807, 2.05) is 0 Å². The van der Waals surface area contributed by atoms with Gasteiger partial charge in [-0.05, 0) is 6.07 Å². The Kier molecular flexibility index (Phi) is 0.768. The fourth-order valence-electron chi connectivity index (χ4n) is 0.767. The SMILES string of the molecule is O=[N+]([O-])c1ccc2c(c1)O2. The third-order valence-corrected chi connectivity index (χ3v) is 1.32. The van der Waals surface area contributed by atoms with Crippen LogP contribution in [0.2, 0.25) is 0 Å². The van der Waals surface area contributed by atoms with Crippen LogP contribution in [0.5, 0.6) is 11.5 Å². The molecular weight excluding hydrogens is 134 g/mol. The highest BCUT2D eigenvalue weighted by atomic mass is 16.6. The summed E-state index contributed by atoms with van der Waals surface area (Å²) < 4.78 is 4.82. The average molecular weight is 137 g/mol. The molecule has 4 heteroatoms. The van der Waals surface area contributed by atoms with Crippen LogP contribution in [0.1, 0.15) is 0 Å². The lowest BCUT2D eigenvalue weighted by Gasteiger charge is -1.82. The second kappa shape index (κ2) is 1.47. The van der Waals surface area contributed by atoms with Gasteiger partial charge in [-0.15, -0.1) is 0 Å². The maximum absolute atomic E-state index is 10.1. The molecule has 0 N–H and O–H groups in total. The fourth-order valence-corrected chi connectivity index (χ4v) is 0.767. The molecule has 4 nitrogen and oxygen atoms in total. The van der Waals surface area contributed by atoms with Crippen LogP contribution in [0, 0.1) is 10.1 Å². The zero-order valence-corrected chi connectivity index (χ0v) is 4.90. The van der Waals surface area contributed by atoms with Crippen LogP contribution < -0.4 is 4.74 Å². The first kappa shape index (κ1) is 5.22. The van der Waals surface area contributed by atoms with E-state index in [1.165, 1.54) is 12.1 Å². The highest BCUT2D eigenvalue weighted by molar-refractivity contribution is 5.59. The summed E-state index contributed by atoms with van der Waals surface area (Å²) in [6.45, 7) is 0. The van der Waals surface area contributed by atoms with E-state index in [9.17, 15) is 10.1 Å². The van der Waals surface area contributed by atoms with Gasteiger partial charge in [-0.2, -0.15) is 0 Å². The molecule has 1 aliphatic heterocycles. The number of nitrogens with zero attached hydrogens (tertiary/aromatic N) is 1. The third-order valence-electron chi connectivity index (χ3n) is 1.32. The first-order valence-electron chi connectivity index (χ1n) is 2.74. The second-order valence-electron chi connectivity index (χ2n) is 1.99. The molecule has 2 rings (SSSR count). The number of nitro groups is 1. The van der Waals surface area contributed by atoms with Crippen molar-refractivity contribution in [1.82, 2.24) is 0 Å². The predicted molar refractivity (Wildman–Crippen MR) is 33.2 cm³/mol. The van der Waals surface area contributed by atoms with E-state index in [-0.39, 0.29) is 5.69 Å². The standard InChI is InChI=1S/C6H3NO3/c8-7(9)4-1-2-5-6(3-4)10-5/h1-3H. The number of ether oxygens (including phenoxy) is 1. The van der Waals surface area contributed by atoms with Crippen molar-refractivity contribution in [3.8, 4) is 11.5 Å². The van der Waals surface area contributed by atoms with Gasteiger partial charge >= 0.3 is 0 Å². The van der Waals surface area contributed by atoms with Crippen molar-refractivity contribution in [3.05, 3.63) is 28.3 Å². The Morgan fingerprint density at radius 2 is 2.20 bits per heavy atom. The predicted octanol–water partition coefficient (Wildman–Crippen LogP) is 1.70. The molecule has 0 radical (unpaired) electrons. The Morgan fingerprint density at radius 3 is 2.80 bits per heavy atom. The summed E-state index contributed by atoms with van der Waals surface area (Å²) in [6.07, 6.45) is 0. The normalized spacial score (nSPS) is 11.6. The molecule has 0 spiro atoms. The zero-order valence-electron chi connectivity index (χ0n) is 4.90. The maximum Gasteiger partial charge on any atom is 0.273 e. The van der Waals surface area contributed by atoms with Crippen LogP contribution >= 0.6 is 0 Å². The molecule has 0 unspecified atom stereocenters. The van der Waals surface area contributed by atoms with Gasteiger partial charge in [-0.25, -0.2) is 0 Å². The lowest BCUT2D eigenvalue weighted by atomic mass is 10.3. The lowest BCUT2D eigenvalue weighted by Crippen LogP contribution is -1.83. The minimum Gasteiger partial charge on any atom is -0.449 e. The quantitative estimate of drug-likeness (QED) is 0.341. The van der Waals surface area contributed by atoms with Gasteiger partial charge in [0.05, 0.1) is 11.0 Å². The van der Waals surface area contributed by atoms with Crippen molar-refractivity contribution < 1.29 is 9.66 Å². The van der Waals surface area contributed by atoms with E-state index in [0.717, 1.165) is 5.75 Å². The molecule has 0 aromatic heterocycles. The molecule has 0 atom stereocenters. The van der Waals surface area contributed by atoms with Crippen molar-refractivity contribution in [3.63, 3.8) is 0 Å². The van der Waals surface area contributed by atoms with Gasteiger partial charge in [-0.3, -0.25) is 10.1 Å². The molecule has 0 fully saturated rings. The molecule has 0 bridgehead atoms. The molecule has 1 aliphatic rings. The molecule has 50 valence electrons. The Hall–Kier alpha value is -1.58. The van der Waals surface area contributed by atoms with Crippen LogP contribution in [0.25, 0.3) is 0 Å². The number of hydrogen-bond donors (Lipinski definition) is 0. The number of nitro benzene ring substituents is 1. The summed E-state index contributed by atoms with van der Waals surface area (Å²) in [6, 6.07) is 4.43. The maximum atomic E-state index is 10.1. The molecule has 0 saturated heterocycles. The van der Waals surface area contributed by atoms with E-state index < -0.39 is 4.92 Å². The van der Waals surface area contributed by atoms with Crippen molar-refractivity contribution in [1.29, 1.82) is 0 Å². The van der Waals surface area contributed by atoms with E-state index >= 15 is 0 Å². The molecule has 0 saturated carbocycles. The van der Waals surface area contributed by atoms with E-state index in [4.69, 9.17) is 4.74 Å². The van der Waals surface area contributed by atoms with Gasteiger partial charge in [-0.1, -0.05) is 0 Å². The minimum atomic E-state index is -0.442. The van der Waals surface area contributed by atoms with Gasteiger partial charge in [0.25, 0.3) is 5.69 Å². The highest BCUT2D eigenvalue weighted by Crippen LogP contribution is 2.46. The average Bonchev–Trinajstić information content (AvgIpc) is 2.63. The molecule has 0 amide bonds. The van der Waals surface area contributed by atoms with E-state index in [2.05, 4.69) is 0 Å². The van der Waals surface area contributed by atoms with Gasteiger partial charge in [0.2, 0.25) is 0 Å². The monoisotopic (exact) mass is 137 g/mol. The lowest BCUT2D eigenvalue weighted by molar-refractivity contribution is -0.384. The topological polar surface area (TPSA) is 55.7 Å². The summed E-state index contributed by atoms with van der Waals surface area (Å²) >= 11 is 0. The summed E-state index contributed by atoms with van der Waals surface area (Å²) in [5.74, 6) is 1.36. The Bertz CT molecular complexity index is 308. The third kappa shape index (κ3) is 0.621. The second-order valence-corrected chi connectivity index (χ2v) is 1.99. The summed E-state index contributed by atoms with van der Waals surface area (Å²) in [5, 5.41) is 10.1. The first-order valence-corrected chi connectivity index (χ1v) is 2.74. The molecular formula is C6H3NO3. The fraction of sp³-hybridized carbons (Fsp3) is 0. The van der Waals surface area contributed by atoms with Crippen molar-refractivity contribution in [2.75, 3.05) is 0 Å². The number of fused-ring (bicyclic) bond motifs is 1. The van der Waals surface area contributed by atoms with Gasteiger partial charge in [0, 0.05) is 6.07 Å². The summed E-state index contributed by atoms with van der Waals surface area (Å²) in [5.41, 5.74) is 0.0799. The summed E-state index contributed by atoms with van der Waals surface area (Å²) in [4.78, 5) is 9.68. The van der Waals surface area contributed by atoms with Crippen LogP contribution in [0.4, 0.5) is 5.69 Å². The number of rotatable bonds is 1. The first-order chi connectivity index (χ1) is 4.77.